The lowest BCUT2D eigenvalue weighted by atomic mass is 10.1. The van der Waals surface area contributed by atoms with E-state index in [1.807, 2.05) is 37.3 Å². The number of hydrogen-bond donors (Lipinski definition) is 1. The zero-order valence-electron chi connectivity index (χ0n) is 15.9. The number of aryl methyl sites for hydroxylation is 1. The first-order valence-corrected chi connectivity index (χ1v) is 9.73. The summed E-state index contributed by atoms with van der Waals surface area (Å²) in [6.45, 7) is 4.08. The summed E-state index contributed by atoms with van der Waals surface area (Å²) in [5, 5.41) is 2.75. The Kier molecular flexibility index (Phi) is 7.85. The predicted octanol–water partition coefficient (Wildman–Crippen LogP) is 5.17. The van der Waals surface area contributed by atoms with Crippen LogP contribution in [0.4, 0.5) is 5.69 Å². The van der Waals surface area contributed by atoms with Crippen molar-refractivity contribution in [3.05, 3.63) is 48.0 Å². The van der Waals surface area contributed by atoms with Crippen LogP contribution in [0.2, 0.25) is 0 Å². The molecule has 0 aliphatic carbocycles. The largest absolute Gasteiger partial charge is 0.493 e. The van der Waals surface area contributed by atoms with E-state index in [0.29, 0.717) is 11.5 Å². The molecule has 1 amide bonds. The quantitative estimate of drug-likeness (QED) is 0.616. The molecule has 4 nitrogen and oxygen atoms in total. The maximum Gasteiger partial charge on any atom is 0.237 e. The molecule has 0 spiro atoms. The van der Waals surface area contributed by atoms with Crippen LogP contribution in [0.25, 0.3) is 0 Å². The van der Waals surface area contributed by atoms with Gasteiger partial charge in [-0.15, -0.1) is 11.8 Å². The number of thioether (sulfide) groups is 1. The van der Waals surface area contributed by atoms with Crippen molar-refractivity contribution in [2.45, 2.75) is 43.3 Å². The Labute approximate surface area is 160 Å². The van der Waals surface area contributed by atoms with Gasteiger partial charge in [-0.1, -0.05) is 25.5 Å². The maximum absolute atomic E-state index is 12.5. The number of nitrogens with one attached hydrogen (secondary N) is 1. The Bertz CT molecular complexity index is 716. The molecule has 1 atom stereocenters. The van der Waals surface area contributed by atoms with E-state index < -0.39 is 0 Å². The van der Waals surface area contributed by atoms with Gasteiger partial charge in [-0.25, -0.2) is 0 Å². The van der Waals surface area contributed by atoms with Crippen LogP contribution in [-0.4, -0.2) is 25.4 Å². The van der Waals surface area contributed by atoms with Crippen molar-refractivity contribution in [3.63, 3.8) is 0 Å². The van der Waals surface area contributed by atoms with E-state index in [9.17, 15) is 4.79 Å². The van der Waals surface area contributed by atoms with Crippen molar-refractivity contribution in [1.82, 2.24) is 0 Å². The van der Waals surface area contributed by atoms with Crippen LogP contribution >= 0.6 is 11.8 Å². The summed E-state index contributed by atoms with van der Waals surface area (Å²) in [7, 11) is 3.21. The van der Waals surface area contributed by atoms with Gasteiger partial charge < -0.3 is 14.8 Å². The SMILES string of the molecule is CCCCc1ccc(NC(=O)[C@@H](C)Sc2ccc(OC)c(OC)c2)cc1. The van der Waals surface area contributed by atoms with Gasteiger partial charge in [0.15, 0.2) is 11.5 Å². The minimum atomic E-state index is -0.229. The summed E-state index contributed by atoms with van der Waals surface area (Å²) in [6.07, 6.45) is 3.45. The molecule has 2 aromatic carbocycles. The Morgan fingerprint density at radius 2 is 1.77 bits per heavy atom. The fourth-order valence-electron chi connectivity index (χ4n) is 2.53. The standard InChI is InChI=1S/C21H27NO3S/c1-5-6-7-16-8-10-17(11-9-16)22-21(23)15(2)26-18-12-13-19(24-3)20(14-18)25-4/h8-15H,5-7H2,1-4H3,(H,22,23)/t15-/m1/s1. The van der Waals surface area contributed by atoms with Crippen LogP contribution in [0.15, 0.2) is 47.4 Å². The highest BCUT2D eigenvalue weighted by molar-refractivity contribution is 8.00. The fourth-order valence-corrected chi connectivity index (χ4v) is 3.42. The van der Waals surface area contributed by atoms with Gasteiger partial charge in [-0.3, -0.25) is 4.79 Å². The molecule has 26 heavy (non-hydrogen) atoms. The molecule has 0 unspecified atom stereocenters. The number of ether oxygens (including phenoxy) is 2. The minimum absolute atomic E-state index is 0.0221. The van der Waals surface area contributed by atoms with Crippen molar-refractivity contribution in [2.75, 3.05) is 19.5 Å². The fraction of sp³-hybridized carbons (Fsp3) is 0.381. The van der Waals surface area contributed by atoms with E-state index >= 15 is 0 Å². The molecule has 1 N–H and O–H groups in total. The lowest BCUT2D eigenvalue weighted by molar-refractivity contribution is -0.115. The third-order valence-electron chi connectivity index (χ3n) is 4.08. The molecule has 0 aliphatic heterocycles. The summed E-state index contributed by atoms with van der Waals surface area (Å²) in [5.41, 5.74) is 2.13. The molecule has 2 aromatic rings. The summed E-state index contributed by atoms with van der Waals surface area (Å²) in [4.78, 5) is 13.4. The number of anilines is 1. The monoisotopic (exact) mass is 373 g/mol. The van der Waals surface area contributed by atoms with Crippen LogP contribution in [0.3, 0.4) is 0 Å². The van der Waals surface area contributed by atoms with E-state index in [1.54, 1.807) is 14.2 Å². The minimum Gasteiger partial charge on any atom is -0.493 e. The first-order valence-electron chi connectivity index (χ1n) is 8.85. The molecule has 0 heterocycles. The number of methoxy groups -OCH3 is 2. The number of unbranched alkanes of at least 4 members (excludes halogenated alkanes) is 1. The van der Waals surface area contributed by atoms with Crippen LogP contribution in [0.1, 0.15) is 32.3 Å². The number of carbonyl (C=O) groups is 1. The molecule has 0 aromatic heterocycles. The third kappa shape index (κ3) is 5.70. The molecule has 0 saturated heterocycles. The van der Waals surface area contributed by atoms with Crippen molar-refractivity contribution in [3.8, 4) is 11.5 Å². The Balaban J connectivity index is 1.95. The van der Waals surface area contributed by atoms with Crippen LogP contribution < -0.4 is 14.8 Å². The molecule has 0 radical (unpaired) electrons. The van der Waals surface area contributed by atoms with E-state index in [-0.39, 0.29) is 11.2 Å². The maximum atomic E-state index is 12.5. The van der Waals surface area contributed by atoms with Crippen molar-refractivity contribution >= 4 is 23.4 Å². The highest BCUT2D eigenvalue weighted by atomic mass is 32.2. The first kappa shape index (κ1) is 20.2. The summed E-state index contributed by atoms with van der Waals surface area (Å²) >= 11 is 1.49. The normalized spacial score (nSPS) is 11.7. The number of carbonyl (C=O) groups excluding carboxylic acids is 1. The van der Waals surface area contributed by atoms with E-state index in [1.165, 1.54) is 30.2 Å². The zero-order valence-corrected chi connectivity index (χ0v) is 16.7. The molecular weight excluding hydrogens is 346 g/mol. The summed E-state index contributed by atoms with van der Waals surface area (Å²) in [6, 6.07) is 13.8. The van der Waals surface area contributed by atoms with Crippen LogP contribution in [-0.2, 0) is 11.2 Å². The number of amides is 1. The number of benzene rings is 2. The second kappa shape index (κ2) is 10.1. The number of hydrogen-bond acceptors (Lipinski definition) is 4. The average Bonchev–Trinajstić information content (AvgIpc) is 2.67. The van der Waals surface area contributed by atoms with E-state index in [2.05, 4.69) is 24.4 Å². The average molecular weight is 374 g/mol. The number of rotatable bonds is 9. The zero-order chi connectivity index (χ0) is 18.9. The smallest absolute Gasteiger partial charge is 0.237 e. The van der Waals surface area contributed by atoms with Gasteiger partial charge in [0.25, 0.3) is 0 Å². The predicted molar refractivity (Wildman–Crippen MR) is 109 cm³/mol. The molecule has 2 rings (SSSR count). The lowest BCUT2D eigenvalue weighted by Crippen LogP contribution is -2.22. The Hall–Kier alpha value is -2.14. The van der Waals surface area contributed by atoms with Gasteiger partial charge >= 0.3 is 0 Å². The van der Waals surface area contributed by atoms with Crippen LogP contribution in [0, 0.1) is 0 Å². The third-order valence-corrected chi connectivity index (χ3v) is 5.17. The molecule has 0 bridgehead atoms. The second-order valence-electron chi connectivity index (χ2n) is 6.07. The molecule has 5 heteroatoms. The molecule has 140 valence electrons. The van der Waals surface area contributed by atoms with Gasteiger partial charge in [-0.2, -0.15) is 0 Å². The van der Waals surface area contributed by atoms with Gasteiger partial charge in [0.2, 0.25) is 5.91 Å². The van der Waals surface area contributed by atoms with E-state index in [4.69, 9.17) is 9.47 Å². The summed E-state index contributed by atoms with van der Waals surface area (Å²) in [5.74, 6) is 1.32. The Morgan fingerprint density at radius 3 is 2.38 bits per heavy atom. The van der Waals surface area contributed by atoms with Crippen molar-refractivity contribution < 1.29 is 14.3 Å². The topological polar surface area (TPSA) is 47.6 Å². The van der Waals surface area contributed by atoms with E-state index in [0.717, 1.165) is 17.0 Å². The highest BCUT2D eigenvalue weighted by Crippen LogP contribution is 2.33. The Morgan fingerprint density at radius 1 is 1.08 bits per heavy atom. The van der Waals surface area contributed by atoms with Gasteiger partial charge in [0.1, 0.15) is 0 Å². The van der Waals surface area contributed by atoms with Gasteiger partial charge in [-0.05, 0) is 55.7 Å². The van der Waals surface area contributed by atoms with Crippen molar-refractivity contribution in [2.24, 2.45) is 0 Å². The first-order chi connectivity index (χ1) is 12.6. The molecule has 0 aliphatic rings. The van der Waals surface area contributed by atoms with Gasteiger partial charge in [0, 0.05) is 10.6 Å². The van der Waals surface area contributed by atoms with Crippen molar-refractivity contribution in [1.29, 1.82) is 0 Å². The molecule has 0 fully saturated rings. The van der Waals surface area contributed by atoms with Crippen LogP contribution in [0.5, 0.6) is 11.5 Å². The summed E-state index contributed by atoms with van der Waals surface area (Å²) < 4.78 is 10.6. The van der Waals surface area contributed by atoms with Gasteiger partial charge in [0.05, 0.1) is 19.5 Å². The molecular formula is C21H27NO3S. The highest BCUT2D eigenvalue weighted by Gasteiger charge is 2.16. The second-order valence-corrected chi connectivity index (χ2v) is 7.48. The lowest BCUT2D eigenvalue weighted by Gasteiger charge is -2.14. The molecule has 0 saturated carbocycles.